The van der Waals surface area contributed by atoms with E-state index in [4.69, 9.17) is 16.3 Å². The van der Waals surface area contributed by atoms with E-state index in [1.165, 1.54) is 5.56 Å². The van der Waals surface area contributed by atoms with Crippen molar-refractivity contribution in [3.63, 3.8) is 0 Å². The molecule has 4 rings (SSSR count). The standard InChI is InChI=1S/C19H14ClN3O/c20-15-6-8-17(9-7-15)24-19-11-10-18-21-16(13-23(18)22-19)12-14-4-2-1-3-5-14/h1-11,13H,12H2. The summed E-state index contributed by atoms with van der Waals surface area (Å²) in [6.07, 6.45) is 2.70. The number of nitrogens with zero attached hydrogens (tertiary/aromatic N) is 3. The van der Waals surface area contributed by atoms with Crippen LogP contribution < -0.4 is 4.74 Å². The Morgan fingerprint density at radius 3 is 2.50 bits per heavy atom. The number of ether oxygens (including phenoxy) is 1. The third kappa shape index (κ3) is 3.24. The third-order valence-electron chi connectivity index (χ3n) is 3.61. The first-order valence-corrected chi connectivity index (χ1v) is 7.97. The molecule has 5 heteroatoms. The second-order valence-electron chi connectivity index (χ2n) is 5.42. The van der Waals surface area contributed by atoms with E-state index >= 15 is 0 Å². The number of hydrogen-bond acceptors (Lipinski definition) is 3. The topological polar surface area (TPSA) is 39.4 Å². The van der Waals surface area contributed by atoms with Crippen LogP contribution in [0, 0.1) is 0 Å². The van der Waals surface area contributed by atoms with Gasteiger partial charge in [0.1, 0.15) is 5.75 Å². The number of benzene rings is 2. The van der Waals surface area contributed by atoms with E-state index < -0.39 is 0 Å². The Balaban J connectivity index is 1.57. The molecule has 24 heavy (non-hydrogen) atoms. The van der Waals surface area contributed by atoms with Gasteiger partial charge in [0, 0.05) is 17.5 Å². The molecule has 2 aromatic carbocycles. The maximum Gasteiger partial charge on any atom is 0.237 e. The zero-order valence-corrected chi connectivity index (χ0v) is 13.5. The molecule has 0 aliphatic carbocycles. The quantitative estimate of drug-likeness (QED) is 0.539. The lowest BCUT2D eigenvalue weighted by atomic mass is 10.1. The molecule has 0 atom stereocenters. The number of halogens is 1. The predicted molar refractivity (Wildman–Crippen MR) is 93.8 cm³/mol. The number of imidazole rings is 1. The number of aromatic nitrogens is 3. The van der Waals surface area contributed by atoms with E-state index in [9.17, 15) is 0 Å². The Labute approximate surface area is 144 Å². The average molecular weight is 336 g/mol. The normalized spacial score (nSPS) is 10.9. The predicted octanol–water partition coefficient (Wildman–Crippen LogP) is 4.77. The van der Waals surface area contributed by atoms with Crippen molar-refractivity contribution in [3.05, 3.63) is 89.2 Å². The molecule has 4 aromatic rings. The Hall–Kier alpha value is -2.85. The fourth-order valence-corrected chi connectivity index (χ4v) is 2.61. The van der Waals surface area contributed by atoms with E-state index in [0.29, 0.717) is 16.7 Å². The lowest BCUT2D eigenvalue weighted by Crippen LogP contribution is -1.94. The van der Waals surface area contributed by atoms with Crippen LogP contribution in [0.25, 0.3) is 5.65 Å². The smallest absolute Gasteiger partial charge is 0.237 e. The minimum absolute atomic E-state index is 0.508. The summed E-state index contributed by atoms with van der Waals surface area (Å²) < 4.78 is 7.49. The molecular formula is C19H14ClN3O. The SMILES string of the molecule is Clc1ccc(Oc2ccc3nc(Cc4ccccc4)cn3n2)cc1. The van der Waals surface area contributed by atoms with E-state index in [2.05, 4.69) is 22.2 Å². The Bertz CT molecular complexity index is 965. The van der Waals surface area contributed by atoms with Gasteiger partial charge < -0.3 is 4.74 Å². The summed E-state index contributed by atoms with van der Waals surface area (Å²) in [5.74, 6) is 1.20. The monoisotopic (exact) mass is 335 g/mol. The first-order valence-electron chi connectivity index (χ1n) is 7.59. The summed E-state index contributed by atoms with van der Waals surface area (Å²) in [4.78, 5) is 4.60. The fraction of sp³-hybridized carbons (Fsp3) is 0.0526. The molecule has 0 unspecified atom stereocenters. The summed E-state index contributed by atoms with van der Waals surface area (Å²) in [6.45, 7) is 0. The first kappa shape index (κ1) is 14.7. The van der Waals surface area contributed by atoms with Gasteiger partial charge in [-0.1, -0.05) is 41.9 Å². The van der Waals surface area contributed by atoms with Crippen molar-refractivity contribution < 1.29 is 4.74 Å². The summed E-state index contributed by atoms with van der Waals surface area (Å²) in [5.41, 5.74) is 2.99. The van der Waals surface area contributed by atoms with Gasteiger partial charge in [0.25, 0.3) is 0 Å². The molecule has 0 saturated heterocycles. The average Bonchev–Trinajstić information content (AvgIpc) is 2.99. The van der Waals surface area contributed by atoms with E-state index in [1.807, 2.05) is 48.7 Å². The molecule has 0 amide bonds. The van der Waals surface area contributed by atoms with Crippen molar-refractivity contribution in [1.29, 1.82) is 0 Å². The minimum atomic E-state index is 0.508. The highest BCUT2D eigenvalue weighted by molar-refractivity contribution is 6.30. The van der Waals surface area contributed by atoms with Gasteiger partial charge in [-0.15, -0.1) is 5.10 Å². The number of hydrogen-bond donors (Lipinski definition) is 0. The second-order valence-corrected chi connectivity index (χ2v) is 5.86. The highest BCUT2D eigenvalue weighted by atomic mass is 35.5. The van der Waals surface area contributed by atoms with Gasteiger partial charge in [0.05, 0.1) is 11.9 Å². The zero-order chi connectivity index (χ0) is 16.4. The van der Waals surface area contributed by atoms with Crippen molar-refractivity contribution in [3.8, 4) is 11.6 Å². The Morgan fingerprint density at radius 2 is 1.71 bits per heavy atom. The maximum atomic E-state index is 5.88. The maximum absolute atomic E-state index is 5.88. The Morgan fingerprint density at radius 1 is 0.917 bits per heavy atom. The van der Waals surface area contributed by atoms with Gasteiger partial charge in [-0.3, -0.25) is 0 Å². The molecule has 0 N–H and O–H groups in total. The molecule has 118 valence electrons. The summed E-state index contributed by atoms with van der Waals surface area (Å²) in [5, 5.41) is 5.13. The van der Waals surface area contributed by atoms with Gasteiger partial charge in [-0.25, -0.2) is 9.50 Å². The van der Waals surface area contributed by atoms with Crippen molar-refractivity contribution in [2.45, 2.75) is 6.42 Å². The lowest BCUT2D eigenvalue weighted by molar-refractivity contribution is 0.452. The van der Waals surface area contributed by atoms with Gasteiger partial charge in [0.15, 0.2) is 5.65 Å². The van der Waals surface area contributed by atoms with Gasteiger partial charge in [0.2, 0.25) is 5.88 Å². The van der Waals surface area contributed by atoms with E-state index in [0.717, 1.165) is 17.8 Å². The Kier molecular flexibility index (Phi) is 3.89. The van der Waals surface area contributed by atoms with Crippen LogP contribution in [0.5, 0.6) is 11.6 Å². The molecule has 0 bridgehead atoms. The van der Waals surface area contributed by atoms with Crippen LogP contribution >= 0.6 is 11.6 Å². The zero-order valence-electron chi connectivity index (χ0n) is 12.8. The molecule has 0 saturated carbocycles. The van der Waals surface area contributed by atoms with Crippen LogP contribution in [0.2, 0.25) is 5.02 Å². The van der Waals surface area contributed by atoms with Gasteiger partial charge in [-0.2, -0.15) is 0 Å². The van der Waals surface area contributed by atoms with Crippen LogP contribution in [0.3, 0.4) is 0 Å². The molecule has 0 aliphatic rings. The molecule has 4 nitrogen and oxygen atoms in total. The highest BCUT2D eigenvalue weighted by Crippen LogP contribution is 2.22. The van der Waals surface area contributed by atoms with Crippen molar-refractivity contribution in [2.24, 2.45) is 0 Å². The minimum Gasteiger partial charge on any atom is -0.438 e. The number of fused-ring (bicyclic) bond motifs is 1. The van der Waals surface area contributed by atoms with Crippen LogP contribution in [0.1, 0.15) is 11.3 Å². The first-order chi connectivity index (χ1) is 11.8. The number of rotatable bonds is 4. The van der Waals surface area contributed by atoms with Gasteiger partial charge in [-0.05, 0) is 35.9 Å². The third-order valence-corrected chi connectivity index (χ3v) is 3.86. The molecule has 2 aromatic heterocycles. The van der Waals surface area contributed by atoms with Crippen molar-refractivity contribution in [2.75, 3.05) is 0 Å². The highest BCUT2D eigenvalue weighted by Gasteiger charge is 2.06. The summed E-state index contributed by atoms with van der Waals surface area (Å²) in [6, 6.07) is 21.1. The lowest BCUT2D eigenvalue weighted by Gasteiger charge is -2.04. The van der Waals surface area contributed by atoms with Crippen LogP contribution in [0.4, 0.5) is 0 Å². The van der Waals surface area contributed by atoms with E-state index in [-0.39, 0.29) is 0 Å². The summed E-state index contributed by atoms with van der Waals surface area (Å²) in [7, 11) is 0. The van der Waals surface area contributed by atoms with Crippen molar-refractivity contribution in [1.82, 2.24) is 14.6 Å². The molecule has 0 spiro atoms. The van der Waals surface area contributed by atoms with Crippen LogP contribution in [-0.4, -0.2) is 14.6 Å². The van der Waals surface area contributed by atoms with E-state index in [1.54, 1.807) is 16.6 Å². The van der Waals surface area contributed by atoms with Crippen molar-refractivity contribution >= 4 is 17.2 Å². The molecule has 0 aliphatic heterocycles. The van der Waals surface area contributed by atoms with Gasteiger partial charge >= 0.3 is 0 Å². The molecular weight excluding hydrogens is 322 g/mol. The van der Waals surface area contributed by atoms with Crippen LogP contribution in [-0.2, 0) is 6.42 Å². The summed E-state index contributed by atoms with van der Waals surface area (Å²) >= 11 is 5.88. The molecule has 0 fully saturated rings. The molecule has 0 radical (unpaired) electrons. The molecule has 2 heterocycles. The van der Waals surface area contributed by atoms with Crippen LogP contribution in [0.15, 0.2) is 72.9 Å². The second kappa shape index (κ2) is 6.34. The fourth-order valence-electron chi connectivity index (χ4n) is 2.48. The largest absolute Gasteiger partial charge is 0.438 e.